The molecule has 1 saturated heterocycles. The first-order chi connectivity index (χ1) is 9.83. The van der Waals surface area contributed by atoms with E-state index in [9.17, 15) is 0 Å². The second kappa shape index (κ2) is 6.65. The van der Waals surface area contributed by atoms with Gasteiger partial charge in [0.25, 0.3) is 0 Å². The van der Waals surface area contributed by atoms with Gasteiger partial charge in [0.15, 0.2) is 5.65 Å². The van der Waals surface area contributed by atoms with E-state index in [4.69, 9.17) is 0 Å². The van der Waals surface area contributed by atoms with Crippen LogP contribution in [0.3, 0.4) is 0 Å². The summed E-state index contributed by atoms with van der Waals surface area (Å²) < 4.78 is 2.91. The first kappa shape index (κ1) is 14.0. The number of halogens is 1. The molecule has 6 heteroatoms. The van der Waals surface area contributed by atoms with Crippen molar-refractivity contribution in [3.8, 4) is 0 Å². The van der Waals surface area contributed by atoms with Crippen LogP contribution in [0.1, 0.15) is 25.0 Å². The number of likely N-dealkylation sites (tertiary alicyclic amines) is 1. The summed E-state index contributed by atoms with van der Waals surface area (Å²) in [5.41, 5.74) is 2.06. The van der Waals surface area contributed by atoms with Crippen molar-refractivity contribution in [2.45, 2.75) is 25.8 Å². The Hall–Kier alpha value is -0.980. The van der Waals surface area contributed by atoms with E-state index in [1.807, 2.05) is 12.4 Å². The topological polar surface area (TPSA) is 45.5 Å². The summed E-state index contributed by atoms with van der Waals surface area (Å²) in [7, 11) is 0. The highest BCUT2D eigenvalue weighted by molar-refractivity contribution is 9.10. The third kappa shape index (κ3) is 3.37. The molecule has 108 valence electrons. The minimum atomic E-state index is 0.831. The number of nitrogens with zero attached hydrogens (tertiary/aromatic N) is 4. The van der Waals surface area contributed by atoms with E-state index in [1.54, 1.807) is 6.20 Å². The summed E-state index contributed by atoms with van der Waals surface area (Å²) in [4.78, 5) is 11.1. The highest BCUT2D eigenvalue weighted by Crippen LogP contribution is 2.10. The van der Waals surface area contributed by atoms with Crippen molar-refractivity contribution >= 4 is 21.6 Å². The second-order valence-electron chi connectivity index (χ2n) is 5.27. The average molecular weight is 338 g/mol. The highest BCUT2D eigenvalue weighted by Gasteiger charge is 2.09. The Labute approximate surface area is 127 Å². The lowest BCUT2D eigenvalue weighted by molar-refractivity contribution is 0.229. The van der Waals surface area contributed by atoms with Crippen LogP contribution in [0, 0.1) is 0 Å². The molecule has 0 saturated carbocycles. The van der Waals surface area contributed by atoms with Gasteiger partial charge in [-0.1, -0.05) is 6.42 Å². The molecule has 1 fully saturated rings. The van der Waals surface area contributed by atoms with Gasteiger partial charge in [0, 0.05) is 25.8 Å². The molecule has 1 aliphatic heterocycles. The van der Waals surface area contributed by atoms with Gasteiger partial charge in [-0.25, -0.2) is 9.97 Å². The summed E-state index contributed by atoms with van der Waals surface area (Å²) in [5.74, 6) is 0. The Balaban J connectivity index is 1.50. The highest BCUT2D eigenvalue weighted by atomic mass is 79.9. The fourth-order valence-corrected chi connectivity index (χ4v) is 2.99. The predicted molar refractivity (Wildman–Crippen MR) is 82.7 cm³/mol. The maximum absolute atomic E-state index is 4.36. The van der Waals surface area contributed by atoms with Gasteiger partial charge in [0.1, 0.15) is 4.60 Å². The number of hydrogen-bond acceptors (Lipinski definition) is 4. The van der Waals surface area contributed by atoms with Crippen molar-refractivity contribution in [1.82, 2.24) is 24.6 Å². The van der Waals surface area contributed by atoms with E-state index in [0.29, 0.717) is 0 Å². The normalized spacial score (nSPS) is 16.9. The van der Waals surface area contributed by atoms with E-state index >= 15 is 0 Å². The van der Waals surface area contributed by atoms with Gasteiger partial charge in [-0.3, -0.25) is 4.40 Å². The Bertz CT molecular complexity index is 562. The lowest BCUT2D eigenvalue weighted by Crippen LogP contribution is -2.35. The number of imidazole rings is 1. The summed E-state index contributed by atoms with van der Waals surface area (Å²) in [5, 5.41) is 3.51. The number of nitrogens with one attached hydrogen (secondary N) is 1. The zero-order valence-electron chi connectivity index (χ0n) is 11.6. The molecule has 2 aromatic rings. The average Bonchev–Trinajstić information content (AvgIpc) is 2.87. The quantitative estimate of drug-likeness (QED) is 0.848. The van der Waals surface area contributed by atoms with Gasteiger partial charge in [-0.05, 0) is 41.9 Å². The fraction of sp³-hybridized carbons (Fsp3) is 0.571. The lowest BCUT2D eigenvalue weighted by Gasteiger charge is -2.26. The van der Waals surface area contributed by atoms with Crippen LogP contribution in [-0.2, 0) is 6.54 Å². The zero-order valence-corrected chi connectivity index (χ0v) is 13.1. The third-order valence-electron chi connectivity index (χ3n) is 3.80. The first-order valence-corrected chi connectivity index (χ1v) is 8.03. The number of rotatable bonds is 5. The van der Waals surface area contributed by atoms with Crippen molar-refractivity contribution in [2.24, 2.45) is 0 Å². The van der Waals surface area contributed by atoms with Crippen LogP contribution in [0.2, 0.25) is 0 Å². The molecule has 0 bridgehead atoms. The molecule has 1 aliphatic rings. The molecule has 3 heterocycles. The summed E-state index contributed by atoms with van der Waals surface area (Å²) in [6.45, 7) is 5.53. The molecule has 0 radical (unpaired) electrons. The van der Waals surface area contributed by atoms with E-state index in [2.05, 4.69) is 40.5 Å². The summed E-state index contributed by atoms with van der Waals surface area (Å²) in [6.07, 6.45) is 9.76. The van der Waals surface area contributed by atoms with Crippen LogP contribution in [0.4, 0.5) is 0 Å². The van der Waals surface area contributed by atoms with Crippen molar-refractivity contribution in [2.75, 3.05) is 26.2 Å². The minimum absolute atomic E-state index is 0.831. The number of fused-ring (bicyclic) bond motifs is 1. The SMILES string of the molecule is Brc1cn2c(CNCCN3CCCCC3)cnc2cn1. The van der Waals surface area contributed by atoms with Crippen LogP contribution in [0.25, 0.3) is 5.65 Å². The maximum Gasteiger partial charge on any atom is 0.155 e. The van der Waals surface area contributed by atoms with Gasteiger partial charge in [0.05, 0.1) is 18.1 Å². The molecule has 5 nitrogen and oxygen atoms in total. The molecule has 0 aliphatic carbocycles. The molecule has 0 unspecified atom stereocenters. The van der Waals surface area contributed by atoms with E-state index < -0.39 is 0 Å². The van der Waals surface area contributed by atoms with Crippen LogP contribution < -0.4 is 5.32 Å². The van der Waals surface area contributed by atoms with E-state index in [1.165, 1.54) is 38.0 Å². The summed E-state index contributed by atoms with van der Waals surface area (Å²) in [6, 6.07) is 0. The number of hydrogen-bond donors (Lipinski definition) is 1. The molecule has 20 heavy (non-hydrogen) atoms. The second-order valence-corrected chi connectivity index (χ2v) is 6.08. The van der Waals surface area contributed by atoms with Crippen molar-refractivity contribution in [3.63, 3.8) is 0 Å². The molecule has 0 aromatic carbocycles. The van der Waals surface area contributed by atoms with Gasteiger partial charge in [-0.15, -0.1) is 0 Å². The molecule has 0 atom stereocenters. The number of aromatic nitrogens is 3. The zero-order chi connectivity index (χ0) is 13.8. The first-order valence-electron chi connectivity index (χ1n) is 7.23. The van der Waals surface area contributed by atoms with Crippen molar-refractivity contribution < 1.29 is 0 Å². The molecule has 2 aromatic heterocycles. The Morgan fingerprint density at radius 3 is 2.85 bits per heavy atom. The van der Waals surface area contributed by atoms with E-state index in [0.717, 1.165) is 29.9 Å². The largest absolute Gasteiger partial charge is 0.310 e. The Kier molecular flexibility index (Phi) is 4.65. The maximum atomic E-state index is 4.36. The number of piperidine rings is 1. The van der Waals surface area contributed by atoms with Crippen molar-refractivity contribution in [1.29, 1.82) is 0 Å². The minimum Gasteiger partial charge on any atom is -0.310 e. The smallest absolute Gasteiger partial charge is 0.155 e. The van der Waals surface area contributed by atoms with Crippen LogP contribution >= 0.6 is 15.9 Å². The van der Waals surface area contributed by atoms with E-state index in [-0.39, 0.29) is 0 Å². The summed E-state index contributed by atoms with van der Waals surface area (Å²) >= 11 is 3.40. The third-order valence-corrected chi connectivity index (χ3v) is 4.21. The molecule has 3 rings (SSSR count). The Morgan fingerprint density at radius 2 is 2.00 bits per heavy atom. The molecular formula is C14H20BrN5. The van der Waals surface area contributed by atoms with Gasteiger partial charge < -0.3 is 10.2 Å². The molecule has 0 spiro atoms. The molecule has 0 amide bonds. The monoisotopic (exact) mass is 337 g/mol. The predicted octanol–water partition coefficient (Wildman–Crippen LogP) is 2.07. The van der Waals surface area contributed by atoms with Gasteiger partial charge in [-0.2, -0.15) is 0 Å². The lowest BCUT2D eigenvalue weighted by atomic mass is 10.1. The van der Waals surface area contributed by atoms with Gasteiger partial charge >= 0.3 is 0 Å². The van der Waals surface area contributed by atoms with Crippen LogP contribution in [0.15, 0.2) is 23.2 Å². The van der Waals surface area contributed by atoms with Crippen LogP contribution in [-0.4, -0.2) is 45.4 Å². The Morgan fingerprint density at radius 1 is 1.15 bits per heavy atom. The van der Waals surface area contributed by atoms with Crippen LogP contribution in [0.5, 0.6) is 0 Å². The van der Waals surface area contributed by atoms with Crippen molar-refractivity contribution in [3.05, 3.63) is 28.9 Å². The standard InChI is InChI=1S/C14H20BrN5/c15-13-11-20-12(9-18-14(20)10-17-13)8-16-4-7-19-5-2-1-3-6-19/h9-11,16H,1-8H2. The molecule has 1 N–H and O–H groups in total. The molecular weight excluding hydrogens is 318 g/mol. The fourth-order valence-electron chi connectivity index (χ4n) is 2.68. The van der Waals surface area contributed by atoms with Gasteiger partial charge in [0.2, 0.25) is 0 Å².